The molecule has 4 nitrogen and oxygen atoms in total. The molecule has 0 aliphatic carbocycles. The molecule has 0 unspecified atom stereocenters. The quantitative estimate of drug-likeness (QED) is 0.865. The lowest BCUT2D eigenvalue weighted by molar-refractivity contribution is 0.0644. The molecule has 0 radical (unpaired) electrons. The van der Waals surface area contributed by atoms with Gasteiger partial charge in [-0.1, -0.05) is 36.4 Å². The number of ether oxygens (including phenoxy) is 1. The predicted octanol–water partition coefficient (Wildman–Crippen LogP) is 3.69. The summed E-state index contributed by atoms with van der Waals surface area (Å²) in [5, 5.41) is -0.481. The summed E-state index contributed by atoms with van der Waals surface area (Å²) in [5.41, 5.74) is 3.03. The average molecular weight is 377 g/mol. The van der Waals surface area contributed by atoms with E-state index in [-0.39, 0.29) is 17.8 Å². The summed E-state index contributed by atoms with van der Waals surface area (Å²) in [6.45, 7) is 4.32. The minimum Gasteiger partial charge on any atom is -0.380 e. The van der Waals surface area contributed by atoms with E-state index < -0.39 is 15.3 Å². The standard InChI is InChI=1S/C20H24FNO3S/c1-14(2)26(23,24)22-20-13-25-12-11-19(20)17-5-3-15(4-6-17)16-7-9-18(21)10-8-16/h3-10,14,19-20,22H,11-13H2,1-2H3/t19-,20+/m0/s1. The zero-order valence-corrected chi connectivity index (χ0v) is 15.8. The first-order valence-electron chi connectivity index (χ1n) is 8.81. The van der Waals surface area contributed by atoms with Crippen LogP contribution in [0, 0.1) is 5.82 Å². The fraction of sp³-hybridized carbons (Fsp3) is 0.400. The summed E-state index contributed by atoms with van der Waals surface area (Å²) >= 11 is 0. The zero-order chi connectivity index (χ0) is 18.7. The SMILES string of the molecule is CC(C)S(=O)(=O)N[C@@H]1COCC[C@H]1c1ccc(-c2ccc(F)cc2)cc1. The maximum atomic E-state index is 13.1. The molecule has 0 amide bonds. The van der Waals surface area contributed by atoms with Gasteiger partial charge in [0.1, 0.15) is 5.82 Å². The van der Waals surface area contributed by atoms with Gasteiger partial charge in [-0.15, -0.1) is 0 Å². The lowest BCUT2D eigenvalue weighted by Gasteiger charge is -2.33. The predicted molar refractivity (Wildman–Crippen MR) is 101 cm³/mol. The summed E-state index contributed by atoms with van der Waals surface area (Å²) in [5.74, 6) is -0.188. The van der Waals surface area contributed by atoms with Gasteiger partial charge >= 0.3 is 0 Å². The molecular weight excluding hydrogens is 353 g/mol. The molecule has 1 heterocycles. The molecule has 2 atom stereocenters. The number of sulfonamides is 1. The number of rotatable bonds is 5. The van der Waals surface area contributed by atoms with Crippen LogP contribution in [0.1, 0.15) is 31.7 Å². The van der Waals surface area contributed by atoms with Crippen LogP contribution in [-0.2, 0) is 14.8 Å². The number of hydrogen-bond acceptors (Lipinski definition) is 3. The molecule has 1 aliphatic heterocycles. The van der Waals surface area contributed by atoms with Crippen LogP contribution in [0.15, 0.2) is 48.5 Å². The second-order valence-electron chi connectivity index (χ2n) is 6.92. The lowest BCUT2D eigenvalue weighted by Crippen LogP contribution is -2.47. The summed E-state index contributed by atoms with van der Waals surface area (Å²) in [7, 11) is -3.36. The van der Waals surface area contributed by atoms with Gasteiger partial charge in [-0.2, -0.15) is 0 Å². The third-order valence-corrected chi connectivity index (χ3v) is 6.68. The Morgan fingerprint density at radius 2 is 1.62 bits per heavy atom. The van der Waals surface area contributed by atoms with Crippen LogP contribution in [-0.4, -0.2) is 32.9 Å². The zero-order valence-electron chi connectivity index (χ0n) is 15.0. The fourth-order valence-electron chi connectivity index (χ4n) is 3.17. The van der Waals surface area contributed by atoms with Crippen molar-refractivity contribution in [3.63, 3.8) is 0 Å². The first-order chi connectivity index (χ1) is 12.4. The minimum atomic E-state index is -3.36. The molecule has 0 spiro atoms. The highest BCUT2D eigenvalue weighted by molar-refractivity contribution is 7.90. The number of nitrogens with one attached hydrogen (secondary N) is 1. The van der Waals surface area contributed by atoms with E-state index in [1.165, 1.54) is 12.1 Å². The maximum Gasteiger partial charge on any atom is 0.214 e. The Morgan fingerprint density at radius 3 is 2.19 bits per heavy atom. The van der Waals surface area contributed by atoms with Crippen molar-refractivity contribution in [2.75, 3.05) is 13.2 Å². The van der Waals surface area contributed by atoms with Crippen molar-refractivity contribution in [1.82, 2.24) is 4.72 Å². The Balaban J connectivity index is 1.80. The van der Waals surface area contributed by atoms with E-state index in [4.69, 9.17) is 4.74 Å². The first-order valence-corrected chi connectivity index (χ1v) is 10.4. The van der Waals surface area contributed by atoms with E-state index >= 15 is 0 Å². The normalized spacial score (nSPS) is 21.1. The summed E-state index contributed by atoms with van der Waals surface area (Å²) in [4.78, 5) is 0. The molecule has 6 heteroatoms. The Labute approximate surface area is 154 Å². The number of hydrogen-bond donors (Lipinski definition) is 1. The molecule has 26 heavy (non-hydrogen) atoms. The smallest absolute Gasteiger partial charge is 0.214 e. The van der Waals surface area contributed by atoms with E-state index in [0.717, 1.165) is 23.1 Å². The maximum absolute atomic E-state index is 13.1. The molecule has 1 aliphatic rings. The first kappa shape index (κ1) is 19.0. The fourth-order valence-corrected chi connectivity index (χ4v) is 4.09. The van der Waals surface area contributed by atoms with Crippen molar-refractivity contribution in [2.45, 2.75) is 37.5 Å². The molecule has 0 bridgehead atoms. The Morgan fingerprint density at radius 1 is 1.04 bits per heavy atom. The largest absolute Gasteiger partial charge is 0.380 e. The van der Waals surface area contributed by atoms with E-state index in [0.29, 0.717) is 13.2 Å². The van der Waals surface area contributed by atoms with Gasteiger partial charge in [0.2, 0.25) is 10.0 Å². The third kappa shape index (κ3) is 4.31. The summed E-state index contributed by atoms with van der Waals surface area (Å²) in [6.07, 6.45) is 0.765. The molecule has 1 N–H and O–H groups in total. The van der Waals surface area contributed by atoms with Crippen molar-refractivity contribution in [3.8, 4) is 11.1 Å². The van der Waals surface area contributed by atoms with E-state index in [2.05, 4.69) is 4.72 Å². The third-order valence-electron chi connectivity index (χ3n) is 4.81. The molecule has 3 rings (SSSR count). The average Bonchev–Trinajstić information content (AvgIpc) is 2.63. The van der Waals surface area contributed by atoms with Crippen LogP contribution in [0.2, 0.25) is 0 Å². The van der Waals surface area contributed by atoms with E-state index in [1.54, 1.807) is 26.0 Å². The van der Waals surface area contributed by atoms with Crippen LogP contribution in [0.5, 0.6) is 0 Å². The highest BCUT2D eigenvalue weighted by Gasteiger charge is 2.31. The van der Waals surface area contributed by atoms with Gasteiger partial charge in [0.25, 0.3) is 0 Å². The Hall–Kier alpha value is -1.76. The molecule has 1 fully saturated rings. The molecule has 0 saturated carbocycles. The van der Waals surface area contributed by atoms with Crippen molar-refractivity contribution in [1.29, 1.82) is 0 Å². The number of halogens is 1. The van der Waals surface area contributed by atoms with Gasteiger partial charge in [0.15, 0.2) is 0 Å². The van der Waals surface area contributed by atoms with Crippen LogP contribution in [0.3, 0.4) is 0 Å². The second kappa shape index (κ2) is 7.86. The van der Waals surface area contributed by atoms with Crippen LogP contribution >= 0.6 is 0 Å². The van der Waals surface area contributed by atoms with Gasteiger partial charge in [-0.05, 0) is 49.1 Å². The second-order valence-corrected chi connectivity index (χ2v) is 9.19. The summed E-state index contributed by atoms with van der Waals surface area (Å²) < 4.78 is 45.9. The summed E-state index contributed by atoms with van der Waals surface area (Å²) in [6, 6.07) is 14.1. The van der Waals surface area contributed by atoms with Gasteiger partial charge in [-0.25, -0.2) is 17.5 Å². The van der Waals surface area contributed by atoms with Gasteiger partial charge in [-0.3, -0.25) is 0 Å². The minimum absolute atomic E-state index is 0.0690. The highest BCUT2D eigenvalue weighted by Crippen LogP contribution is 2.30. The van der Waals surface area contributed by atoms with Crippen molar-refractivity contribution in [3.05, 3.63) is 59.9 Å². The number of benzene rings is 2. The van der Waals surface area contributed by atoms with Crippen LogP contribution in [0.4, 0.5) is 4.39 Å². The topological polar surface area (TPSA) is 55.4 Å². The molecule has 140 valence electrons. The molecule has 1 saturated heterocycles. The van der Waals surface area contributed by atoms with Gasteiger partial charge in [0.05, 0.1) is 17.9 Å². The van der Waals surface area contributed by atoms with Crippen LogP contribution < -0.4 is 4.72 Å². The molecule has 0 aromatic heterocycles. The van der Waals surface area contributed by atoms with Crippen LogP contribution in [0.25, 0.3) is 11.1 Å². The Kier molecular flexibility index (Phi) is 5.75. The van der Waals surface area contributed by atoms with Crippen molar-refractivity contribution in [2.24, 2.45) is 0 Å². The molecule has 2 aromatic carbocycles. The highest BCUT2D eigenvalue weighted by atomic mass is 32.2. The lowest BCUT2D eigenvalue weighted by atomic mass is 9.87. The van der Waals surface area contributed by atoms with Crippen molar-refractivity contribution >= 4 is 10.0 Å². The van der Waals surface area contributed by atoms with Gasteiger partial charge < -0.3 is 4.74 Å². The van der Waals surface area contributed by atoms with E-state index in [1.807, 2.05) is 24.3 Å². The Bertz CT molecular complexity index is 832. The van der Waals surface area contributed by atoms with Crippen molar-refractivity contribution < 1.29 is 17.5 Å². The van der Waals surface area contributed by atoms with E-state index in [9.17, 15) is 12.8 Å². The molecule has 2 aromatic rings. The molecular formula is C20H24FNO3S. The van der Waals surface area contributed by atoms with Gasteiger partial charge in [0, 0.05) is 12.5 Å². The monoisotopic (exact) mass is 377 g/mol.